The van der Waals surface area contributed by atoms with Crippen molar-refractivity contribution in [1.29, 1.82) is 0 Å². The largest absolute Gasteiger partial charge is 0.384 e. The van der Waals surface area contributed by atoms with Gasteiger partial charge in [0.05, 0.1) is 5.69 Å². The Hall–Kier alpha value is -1.77. The number of hydrogen-bond acceptors (Lipinski definition) is 2. The summed E-state index contributed by atoms with van der Waals surface area (Å²) in [5.74, 6) is 1.79. The Bertz CT molecular complexity index is 486. The van der Waals surface area contributed by atoms with Crippen molar-refractivity contribution in [3.8, 4) is 11.4 Å². The molecule has 0 saturated heterocycles. The first-order valence-electron chi connectivity index (χ1n) is 6.18. The van der Waals surface area contributed by atoms with Crippen molar-refractivity contribution in [2.45, 2.75) is 33.2 Å². The summed E-state index contributed by atoms with van der Waals surface area (Å²) < 4.78 is 2.08. The summed E-state index contributed by atoms with van der Waals surface area (Å²) in [6, 6.07) is 10.2. The summed E-state index contributed by atoms with van der Waals surface area (Å²) in [7, 11) is 0. The van der Waals surface area contributed by atoms with Gasteiger partial charge in [0.15, 0.2) is 0 Å². The van der Waals surface area contributed by atoms with E-state index in [-0.39, 0.29) is 0 Å². The van der Waals surface area contributed by atoms with Crippen molar-refractivity contribution in [2.24, 2.45) is 0 Å². The lowest BCUT2D eigenvalue weighted by atomic mass is 10.2. The van der Waals surface area contributed by atoms with E-state index in [1.54, 1.807) is 0 Å². The molecule has 0 amide bonds. The van der Waals surface area contributed by atoms with Gasteiger partial charge in [0, 0.05) is 12.1 Å². The van der Waals surface area contributed by atoms with Gasteiger partial charge in [0.25, 0.3) is 0 Å². The number of imidazole rings is 1. The summed E-state index contributed by atoms with van der Waals surface area (Å²) in [4.78, 5) is 4.68. The Morgan fingerprint density at radius 3 is 2.47 bits per heavy atom. The van der Waals surface area contributed by atoms with Crippen LogP contribution in [0.2, 0.25) is 0 Å². The van der Waals surface area contributed by atoms with Crippen molar-refractivity contribution < 1.29 is 0 Å². The molecule has 3 nitrogen and oxygen atoms in total. The van der Waals surface area contributed by atoms with Crippen LogP contribution >= 0.6 is 0 Å². The Morgan fingerprint density at radius 2 is 1.88 bits per heavy atom. The van der Waals surface area contributed by atoms with E-state index in [4.69, 9.17) is 5.73 Å². The molecule has 17 heavy (non-hydrogen) atoms. The molecule has 0 unspecified atom stereocenters. The summed E-state index contributed by atoms with van der Waals surface area (Å²) in [5.41, 5.74) is 8.29. The van der Waals surface area contributed by atoms with E-state index in [9.17, 15) is 0 Å². The summed E-state index contributed by atoms with van der Waals surface area (Å²) in [5, 5.41) is 0. The lowest BCUT2D eigenvalue weighted by molar-refractivity contribution is 0.779. The predicted octanol–water partition coefficient (Wildman–Crippen LogP) is 3.10. The molecule has 0 fully saturated rings. The third kappa shape index (κ3) is 2.18. The van der Waals surface area contributed by atoms with Crippen molar-refractivity contribution in [1.82, 2.24) is 9.55 Å². The zero-order valence-electron chi connectivity index (χ0n) is 10.5. The topological polar surface area (TPSA) is 43.8 Å². The number of nitrogen functional groups attached to an aromatic ring is 1. The highest BCUT2D eigenvalue weighted by Gasteiger charge is 2.13. The zero-order chi connectivity index (χ0) is 12.3. The van der Waals surface area contributed by atoms with Crippen LogP contribution in [0.25, 0.3) is 11.4 Å². The highest BCUT2D eigenvalue weighted by atomic mass is 15.1. The molecule has 0 saturated carbocycles. The second-order valence-electron chi connectivity index (χ2n) is 4.13. The van der Waals surface area contributed by atoms with Crippen LogP contribution in [0, 0.1) is 0 Å². The van der Waals surface area contributed by atoms with Crippen LogP contribution in [0.4, 0.5) is 5.82 Å². The number of rotatable bonds is 4. The lowest BCUT2D eigenvalue weighted by Crippen LogP contribution is -2.03. The zero-order valence-corrected chi connectivity index (χ0v) is 10.5. The number of nitrogens with zero attached hydrogens (tertiary/aromatic N) is 2. The molecule has 0 radical (unpaired) electrons. The summed E-state index contributed by atoms with van der Waals surface area (Å²) >= 11 is 0. The van der Waals surface area contributed by atoms with Crippen LogP contribution in [0.1, 0.15) is 26.0 Å². The SMILES string of the molecule is CCCc1nc(-c2ccccc2)n(CC)c1N. The van der Waals surface area contributed by atoms with E-state index in [0.29, 0.717) is 0 Å². The van der Waals surface area contributed by atoms with Crippen molar-refractivity contribution >= 4 is 5.82 Å². The Labute approximate surface area is 102 Å². The molecule has 90 valence electrons. The van der Waals surface area contributed by atoms with Gasteiger partial charge < -0.3 is 10.3 Å². The van der Waals surface area contributed by atoms with Crippen molar-refractivity contribution in [2.75, 3.05) is 5.73 Å². The van der Waals surface area contributed by atoms with Gasteiger partial charge in [-0.15, -0.1) is 0 Å². The first-order valence-corrected chi connectivity index (χ1v) is 6.18. The van der Waals surface area contributed by atoms with Crippen LogP contribution in [0.3, 0.4) is 0 Å². The van der Waals surface area contributed by atoms with E-state index in [1.165, 1.54) is 0 Å². The molecule has 2 N–H and O–H groups in total. The maximum absolute atomic E-state index is 6.14. The van der Waals surface area contributed by atoms with Gasteiger partial charge in [-0.25, -0.2) is 4.98 Å². The molecular weight excluding hydrogens is 210 g/mol. The Balaban J connectivity index is 2.50. The molecule has 0 aliphatic heterocycles. The van der Waals surface area contributed by atoms with Gasteiger partial charge in [-0.3, -0.25) is 0 Å². The van der Waals surface area contributed by atoms with E-state index < -0.39 is 0 Å². The maximum atomic E-state index is 6.14. The minimum absolute atomic E-state index is 0.813. The normalized spacial score (nSPS) is 10.7. The highest BCUT2D eigenvalue weighted by molar-refractivity contribution is 5.60. The van der Waals surface area contributed by atoms with Crippen LogP contribution in [-0.4, -0.2) is 9.55 Å². The van der Waals surface area contributed by atoms with Crippen molar-refractivity contribution in [3.05, 3.63) is 36.0 Å². The summed E-state index contributed by atoms with van der Waals surface area (Å²) in [6.07, 6.45) is 2.01. The van der Waals surface area contributed by atoms with Gasteiger partial charge in [-0.2, -0.15) is 0 Å². The average Bonchev–Trinajstić information content (AvgIpc) is 2.68. The van der Waals surface area contributed by atoms with Gasteiger partial charge >= 0.3 is 0 Å². The number of aryl methyl sites for hydroxylation is 1. The quantitative estimate of drug-likeness (QED) is 0.875. The average molecular weight is 229 g/mol. The van der Waals surface area contributed by atoms with E-state index >= 15 is 0 Å². The van der Waals surface area contributed by atoms with Crippen molar-refractivity contribution in [3.63, 3.8) is 0 Å². The Kier molecular flexibility index (Phi) is 3.47. The van der Waals surface area contributed by atoms with Gasteiger partial charge in [0.1, 0.15) is 11.6 Å². The fourth-order valence-electron chi connectivity index (χ4n) is 2.06. The molecule has 0 atom stereocenters. The standard InChI is InChI=1S/C14H19N3/c1-3-8-12-13(15)17(4-2)14(16-12)11-9-6-5-7-10-11/h5-7,9-10H,3-4,8,15H2,1-2H3. The number of anilines is 1. The lowest BCUT2D eigenvalue weighted by Gasteiger charge is -2.06. The number of benzene rings is 1. The molecule has 1 aromatic heterocycles. The maximum Gasteiger partial charge on any atom is 0.141 e. The van der Waals surface area contributed by atoms with Crippen LogP contribution in [-0.2, 0) is 13.0 Å². The predicted molar refractivity (Wildman–Crippen MR) is 71.7 cm³/mol. The minimum Gasteiger partial charge on any atom is -0.384 e. The molecule has 3 heteroatoms. The fraction of sp³-hybridized carbons (Fsp3) is 0.357. The third-order valence-corrected chi connectivity index (χ3v) is 2.92. The first-order chi connectivity index (χ1) is 8.27. The summed E-state index contributed by atoms with van der Waals surface area (Å²) in [6.45, 7) is 5.10. The third-order valence-electron chi connectivity index (χ3n) is 2.92. The van der Waals surface area contributed by atoms with Crippen LogP contribution in [0.5, 0.6) is 0 Å². The molecule has 0 aliphatic carbocycles. The van der Waals surface area contributed by atoms with E-state index in [1.807, 2.05) is 18.2 Å². The van der Waals surface area contributed by atoms with Crippen LogP contribution < -0.4 is 5.73 Å². The fourth-order valence-corrected chi connectivity index (χ4v) is 2.06. The molecular formula is C14H19N3. The van der Waals surface area contributed by atoms with Gasteiger partial charge in [-0.05, 0) is 13.3 Å². The van der Waals surface area contributed by atoms with Gasteiger partial charge in [-0.1, -0.05) is 43.7 Å². The number of nitrogens with two attached hydrogens (primary N) is 1. The van der Waals surface area contributed by atoms with Crippen LogP contribution in [0.15, 0.2) is 30.3 Å². The minimum atomic E-state index is 0.813. The molecule has 1 heterocycles. The molecule has 2 rings (SSSR count). The Morgan fingerprint density at radius 1 is 1.18 bits per heavy atom. The molecule has 0 aliphatic rings. The van der Waals surface area contributed by atoms with Gasteiger partial charge in [0.2, 0.25) is 0 Å². The smallest absolute Gasteiger partial charge is 0.141 e. The number of aromatic nitrogens is 2. The monoisotopic (exact) mass is 229 g/mol. The molecule has 0 spiro atoms. The molecule has 1 aromatic carbocycles. The van der Waals surface area contributed by atoms with E-state index in [0.717, 1.165) is 42.3 Å². The first kappa shape index (κ1) is 11.7. The second kappa shape index (κ2) is 5.04. The second-order valence-corrected chi connectivity index (χ2v) is 4.13. The highest BCUT2D eigenvalue weighted by Crippen LogP contribution is 2.24. The van der Waals surface area contributed by atoms with E-state index in [2.05, 4.69) is 35.5 Å². The molecule has 0 bridgehead atoms. The number of hydrogen-bond donors (Lipinski definition) is 1. The molecule has 2 aromatic rings.